The van der Waals surface area contributed by atoms with Crippen LogP contribution >= 0.6 is 0 Å². The molecule has 0 unspecified atom stereocenters. The van der Waals surface area contributed by atoms with Gasteiger partial charge in [0.25, 0.3) is 0 Å². The van der Waals surface area contributed by atoms with E-state index in [0.29, 0.717) is 0 Å². The van der Waals surface area contributed by atoms with Crippen molar-refractivity contribution in [3.05, 3.63) is 23.8 Å². The van der Waals surface area contributed by atoms with E-state index in [0.717, 1.165) is 43.2 Å². The van der Waals surface area contributed by atoms with Gasteiger partial charge in [-0.3, -0.25) is 0 Å². The molecule has 0 amide bonds. The highest BCUT2D eigenvalue weighted by molar-refractivity contribution is 5.40. The monoisotopic (exact) mass is 280 g/mol. The van der Waals surface area contributed by atoms with Crippen LogP contribution in [0.2, 0.25) is 0 Å². The Balaban J connectivity index is 2.21. The minimum absolute atomic E-state index is 0.809. The minimum Gasteiger partial charge on any atom is -0.497 e. The Kier molecular flexibility index (Phi) is 8.83. The van der Waals surface area contributed by atoms with E-state index in [9.17, 15) is 0 Å². The molecule has 0 saturated heterocycles. The largest absolute Gasteiger partial charge is 0.497 e. The number of ether oxygens (including phenoxy) is 2. The summed E-state index contributed by atoms with van der Waals surface area (Å²) in [4.78, 5) is 0. The number of unbranched alkanes of at least 4 members (excludes halogenated alkanes) is 2. The third-order valence-electron chi connectivity index (χ3n) is 3.25. The van der Waals surface area contributed by atoms with Gasteiger partial charge in [0.1, 0.15) is 11.5 Å². The molecular formula is C16H28N2O2. The zero-order valence-corrected chi connectivity index (χ0v) is 13.0. The second-order valence-electron chi connectivity index (χ2n) is 4.81. The number of hydrogen-bond acceptors (Lipinski definition) is 4. The first-order valence-electron chi connectivity index (χ1n) is 7.44. The highest BCUT2D eigenvalue weighted by Crippen LogP contribution is 2.24. The van der Waals surface area contributed by atoms with Crippen LogP contribution < -0.4 is 20.1 Å². The molecule has 0 fully saturated rings. The fourth-order valence-electron chi connectivity index (χ4n) is 2.02. The van der Waals surface area contributed by atoms with Crippen LogP contribution in [0, 0.1) is 0 Å². The van der Waals surface area contributed by atoms with Gasteiger partial charge in [0.2, 0.25) is 0 Å². The molecule has 1 aromatic rings. The normalized spacial score (nSPS) is 10.6. The average Bonchev–Trinajstić information content (AvgIpc) is 2.50. The van der Waals surface area contributed by atoms with Gasteiger partial charge in [-0.05, 0) is 19.0 Å². The topological polar surface area (TPSA) is 42.5 Å². The lowest BCUT2D eigenvalue weighted by Gasteiger charge is -2.11. The minimum atomic E-state index is 0.809. The standard InChI is InChI=1S/C16H28N2O2/c1-4-5-6-9-17-10-11-18-13-14-7-8-15(19-2)12-16(14)20-3/h7-8,12,17-18H,4-6,9-11,13H2,1-3H3. The Morgan fingerprint density at radius 3 is 2.45 bits per heavy atom. The summed E-state index contributed by atoms with van der Waals surface area (Å²) in [5.41, 5.74) is 1.15. The second kappa shape index (κ2) is 10.5. The van der Waals surface area contributed by atoms with Gasteiger partial charge in [0, 0.05) is 31.3 Å². The van der Waals surface area contributed by atoms with E-state index >= 15 is 0 Å². The molecule has 0 aromatic heterocycles. The van der Waals surface area contributed by atoms with Gasteiger partial charge in [0.15, 0.2) is 0 Å². The quantitative estimate of drug-likeness (QED) is 0.611. The number of rotatable bonds is 11. The van der Waals surface area contributed by atoms with E-state index in [1.807, 2.05) is 18.2 Å². The van der Waals surface area contributed by atoms with Crippen LogP contribution in [0.3, 0.4) is 0 Å². The number of benzene rings is 1. The van der Waals surface area contributed by atoms with Gasteiger partial charge in [0.05, 0.1) is 14.2 Å². The Bertz CT molecular complexity index is 369. The molecule has 4 nitrogen and oxygen atoms in total. The van der Waals surface area contributed by atoms with Crippen LogP contribution in [0.25, 0.3) is 0 Å². The van der Waals surface area contributed by atoms with Crippen molar-refractivity contribution in [1.82, 2.24) is 10.6 Å². The Hall–Kier alpha value is -1.26. The van der Waals surface area contributed by atoms with Crippen molar-refractivity contribution < 1.29 is 9.47 Å². The van der Waals surface area contributed by atoms with Crippen molar-refractivity contribution >= 4 is 0 Å². The van der Waals surface area contributed by atoms with Gasteiger partial charge in [-0.25, -0.2) is 0 Å². The van der Waals surface area contributed by atoms with Crippen LogP contribution in [0.1, 0.15) is 31.7 Å². The number of nitrogens with one attached hydrogen (secondary N) is 2. The van der Waals surface area contributed by atoms with Crippen molar-refractivity contribution in [3.8, 4) is 11.5 Å². The van der Waals surface area contributed by atoms with Crippen LogP contribution in [-0.4, -0.2) is 33.9 Å². The molecule has 0 spiro atoms. The number of methoxy groups -OCH3 is 2. The summed E-state index contributed by atoms with van der Waals surface area (Å²) in [6.45, 7) is 6.11. The molecule has 114 valence electrons. The molecule has 20 heavy (non-hydrogen) atoms. The molecule has 0 atom stereocenters. The lowest BCUT2D eigenvalue weighted by molar-refractivity contribution is 0.390. The van der Waals surface area contributed by atoms with Crippen LogP contribution in [0.4, 0.5) is 0 Å². The van der Waals surface area contributed by atoms with Crippen LogP contribution in [0.15, 0.2) is 18.2 Å². The molecule has 2 N–H and O–H groups in total. The van der Waals surface area contributed by atoms with E-state index in [2.05, 4.69) is 17.6 Å². The first-order chi connectivity index (χ1) is 9.81. The van der Waals surface area contributed by atoms with E-state index in [1.54, 1.807) is 14.2 Å². The van der Waals surface area contributed by atoms with Gasteiger partial charge < -0.3 is 20.1 Å². The fraction of sp³-hybridized carbons (Fsp3) is 0.625. The molecule has 4 heteroatoms. The summed E-state index contributed by atoms with van der Waals surface area (Å²) >= 11 is 0. The molecule has 0 heterocycles. The van der Waals surface area contributed by atoms with Crippen LogP contribution in [-0.2, 0) is 6.54 Å². The Morgan fingerprint density at radius 2 is 1.75 bits per heavy atom. The number of hydrogen-bond donors (Lipinski definition) is 2. The predicted octanol–water partition coefficient (Wildman–Crippen LogP) is 2.57. The Labute approximate surface area is 122 Å². The summed E-state index contributed by atoms with van der Waals surface area (Å²) < 4.78 is 10.6. The van der Waals surface area contributed by atoms with Crippen LogP contribution in [0.5, 0.6) is 11.5 Å². The molecule has 0 aliphatic carbocycles. The van der Waals surface area contributed by atoms with Gasteiger partial charge in [-0.2, -0.15) is 0 Å². The molecule has 0 bridgehead atoms. The van der Waals surface area contributed by atoms with Crippen molar-refractivity contribution in [3.63, 3.8) is 0 Å². The zero-order chi connectivity index (χ0) is 14.6. The summed E-state index contributed by atoms with van der Waals surface area (Å²) in [5.74, 6) is 1.69. The fourth-order valence-corrected chi connectivity index (χ4v) is 2.02. The van der Waals surface area contributed by atoms with Crippen molar-refractivity contribution in [1.29, 1.82) is 0 Å². The summed E-state index contributed by atoms with van der Waals surface area (Å²) in [6.07, 6.45) is 3.85. The lowest BCUT2D eigenvalue weighted by Crippen LogP contribution is -2.27. The van der Waals surface area contributed by atoms with Gasteiger partial charge in [-0.15, -0.1) is 0 Å². The third-order valence-corrected chi connectivity index (χ3v) is 3.25. The van der Waals surface area contributed by atoms with Crippen molar-refractivity contribution in [2.24, 2.45) is 0 Å². The molecule has 0 saturated carbocycles. The van der Waals surface area contributed by atoms with E-state index in [1.165, 1.54) is 19.3 Å². The predicted molar refractivity (Wildman–Crippen MR) is 83.6 cm³/mol. The molecular weight excluding hydrogens is 252 g/mol. The summed E-state index contributed by atoms with van der Waals surface area (Å²) in [7, 11) is 3.35. The Morgan fingerprint density at radius 1 is 0.950 bits per heavy atom. The van der Waals surface area contributed by atoms with E-state index < -0.39 is 0 Å². The molecule has 1 aromatic carbocycles. The van der Waals surface area contributed by atoms with Gasteiger partial charge in [-0.1, -0.05) is 25.8 Å². The first-order valence-corrected chi connectivity index (χ1v) is 7.44. The summed E-state index contributed by atoms with van der Waals surface area (Å²) in [6, 6.07) is 5.92. The smallest absolute Gasteiger partial charge is 0.127 e. The molecule has 0 aliphatic heterocycles. The first kappa shape index (κ1) is 16.8. The van der Waals surface area contributed by atoms with E-state index in [-0.39, 0.29) is 0 Å². The maximum Gasteiger partial charge on any atom is 0.127 e. The SMILES string of the molecule is CCCCCNCCNCc1ccc(OC)cc1OC. The zero-order valence-electron chi connectivity index (χ0n) is 13.0. The van der Waals surface area contributed by atoms with E-state index in [4.69, 9.17) is 9.47 Å². The van der Waals surface area contributed by atoms with Gasteiger partial charge >= 0.3 is 0 Å². The highest BCUT2D eigenvalue weighted by atomic mass is 16.5. The lowest BCUT2D eigenvalue weighted by atomic mass is 10.2. The second-order valence-corrected chi connectivity index (χ2v) is 4.81. The molecule has 0 aliphatic rings. The van der Waals surface area contributed by atoms with Crippen molar-refractivity contribution in [2.75, 3.05) is 33.9 Å². The maximum atomic E-state index is 5.37. The third kappa shape index (κ3) is 6.26. The highest BCUT2D eigenvalue weighted by Gasteiger charge is 2.04. The average molecular weight is 280 g/mol. The molecule has 1 rings (SSSR count). The van der Waals surface area contributed by atoms with Crippen molar-refractivity contribution in [2.45, 2.75) is 32.7 Å². The summed E-state index contributed by atoms with van der Waals surface area (Å²) in [5, 5.41) is 6.86. The molecule has 0 radical (unpaired) electrons. The maximum absolute atomic E-state index is 5.37.